The van der Waals surface area contributed by atoms with E-state index in [1.54, 1.807) is 18.3 Å². The summed E-state index contributed by atoms with van der Waals surface area (Å²) in [5.74, 6) is -0.736. The standard InChI is InChI=1S/C17H15N5O3/c1-10(23)12-4-2-11(3-5-12)6-13-8-19-21-16(13)14(24)7-15(25)17-18-9-20-22-17/h2-5,7-9,25H,6H2,1H3,(H,19,21)(H,18,20,22). The number of aliphatic hydroxyl groups is 1. The summed E-state index contributed by atoms with van der Waals surface area (Å²) in [5, 5.41) is 22.6. The number of hydrogen-bond acceptors (Lipinski definition) is 6. The van der Waals surface area contributed by atoms with Gasteiger partial charge in [-0.1, -0.05) is 24.3 Å². The number of carbonyl (C=O) groups excluding carboxylic acids is 2. The minimum absolute atomic E-state index is 0.00156. The van der Waals surface area contributed by atoms with Crippen LogP contribution in [-0.2, 0) is 6.42 Å². The minimum atomic E-state index is -0.435. The summed E-state index contributed by atoms with van der Waals surface area (Å²) in [6.07, 6.45) is 4.37. The number of Topliss-reactive ketones (excluding diaryl/α,β-unsaturated/α-hetero) is 1. The number of benzene rings is 1. The fraction of sp³-hybridized carbons (Fsp3) is 0.118. The van der Waals surface area contributed by atoms with E-state index in [4.69, 9.17) is 0 Å². The van der Waals surface area contributed by atoms with Crippen molar-refractivity contribution >= 4 is 17.3 Å². The molecule has 8 nitrogen and oxygen atoms in total. The highest BCUT2D eigenvalue weighted by Gasteiger charge is 2.15. The second-order valence-corrected chi connectivity index (χ2v) is 5.42. The van der Waals surface area contributed by atoms with Crippen LogP contribution in [0.1, 0.15) is 44.7 Å². The lowest BCUT2D eigenvalue weighted by Crippen LogP contribution is -2.03. The number of nitrogens with one attached hydrogen (secondary N) is 2. The Hall–Kier alpha value is -3.55. The largest absolute Gasteiger partial charge is 0.504 e. The number of rotatable bonds is 6. The Labute approximate surface area is 142 Å². The van der Waals surface area contributed by atoms with Crippen LogP contribution in [0.5, 0.6) is 0 Å². The second-order valence-electron chi connectivity index (χ2n) is 5.42. The van der Waals surface area contributed by atoms with E-state index < -0.39 is 5.78 Å². The molecule has 0 saturated carbocycles. The molecule has 0 aliphatic heterocycles. The highest BCUT2D eigenvalue weighted by atomic mass is 16.3. The molecule has 3 N–H and O–H groups in total. The van der Waals surface area contributed by atoms with Gasteiger partial charge in [0, 0.05) is 23.6 Å². The minimum Gasteiger partial charge on any atom is -0.504 e. The normalized spacial score (nSPS) is 11.5. The number of nitrogens with zero attached hydrogens (tertiary/aromatic N) is 3. The van der Waals surface area contributed by atoms with Gasteiger partial charge in [0.15, 0.2) is 11.5 Å². The molecule has 25 heavy (non-hydrogen) atoms. The summed E-state index contributed by atoms with van der Waals surface area (Å²) in [6.45, 7) is 1.51. The summed E-state index contributed by atoms with van der Waals surface area (Å²) >= 11 is 0. The van der Waals surface area contributed by atoms with E-state index in [0.29, 0.717) is 17.5 Å². The Morgan fingerprint density at radius 2 is 2.00 bits per heavy atom. The molecule has 0 bridgehead atoms. The lowest BCUT2D eigenvalue weighted by Gasteiger charge is -2.03. The molecular weight excluding hydrogens is 322 g/mol. The van der Waals surface area contributed by atoms with Crippen LogP contribution < -0.4 is 0 Å². The van der Waals surface area contributed by atoms with Gasteiger partial charge in [-0.2, -0.15) is 10.2 Å². The van der Waals surface area contributed by atoms with Crippen molar-refractivity contribution in [3.05, 3.63) is 71.1 Å². The monoisotopic (exact) mass is 337 g/mol. The number of aromatic nitrogens is 5. The van der Waals surface area contributed by atoms with Crippen molar-refractivity contribution in [1.82, 2.24) is 25.4 Å². The van der Waals surface area contributed by atoms with Crippen LogP contribution in [0.2, 0.25) is 0 Å². The third-order valence-corrected chi connectivity index (χ3v) is 3.63. The van der Waals surface area contributed by atoms with Crippen LogP contribution >= 0.6 is 0 Å². The number of H-pyrrole nitrogens is 2. The molecule has 2 heterocycles. The molecule has 0 atom stereocenters. The van der Waals surface area contributed by atoms with Crippen molar-refractivity contribution in [3.63, 3.8) is 0 Å². The highest BCUT2D eigenvalue weighted by Crippen LogP contribution is 2.15. The second kappa shape index (κ2) is 6.91. The maximum absolute atomic E-state index is 12.3. The zero-order chi connectivity index (χ0) is 17.8. The summed E-state index contributed by atoms with van der Waals surface area (Å²) in [7, 11) is 0. The third kappa shape index (κ3) is 3.69. The van der Waals surface area contributed by atoms with Gasteiger partial charge < -0.3 is 5.11 Å². The van der Waals surface area contributed by atoms with Crippen LogP contribution in [0.15, 0.2) is 42.9 Å². The zero-order valence-electron chi connectivity index (χ0n) is 13.4. The number of ketones is 2. The number of aliphatic hydroxyl groups excluding tert-OH is 1. The average molecular weight is 337 g/mol. The van der Waals surface area contributed by atoms with E-state index in [-0.39, 0.29) is 23.1 Å². The smallest absolute Gasteiger partial charge is 0.215 e. The molecule has 8 heteroatoms. The summed E-state index contributed by atoms with van der Waals surface area (Å²) in [6, 6.07) is 7.15. The van der Waals surface area contributed by atoms with Gasteiger partial charge in [-0.15, -0.1) is 0 Å². The van der Waals surface area contributed by atoms with E-state index in [9.17, 15) is 14.7 Å². The lowest BCUT2D eigenvalue weighted by atomic mass is 10.0. The Kier molecular flexibility index (Phi) is 4.51. The van der Waals surface area contributed by atoms with Crippen molar-refractivity contribution in [3.8, 4) is 0 Å². The summed E-state index contributed by atoms with van der Waals surface area (Å²) in [4.78, 5) is 27.4. The Bertz CT molecular complexity index is 924. The van der Waals surface area contributed by atoms with E-state index in [2.05, 4.69) is 25.4 Å². The molecule has 0 fully saturated rings. The van der Waals surface area contributed by atoms with Gasteiger partial charge in [0.05, 0.1) is 6.20 Å². The summed E-state index contributed by atoms with van der Waals surface area (Å²) < 4.78 is 0. The number of carbonyl (C=O) groups is 2. The third-order valence-electron chi connectivity index (χ3n) is 3.63. The molecule has 0 spiro atoms. The lowest BCUT2D eigenvalue weighted by molar-refractivity contribution is 0.101. The Balaban J connectivity index is 1.79. The fourth-order valence-electron chi connectivity index (χ4n) is 2.33. The predicted octanol–water partition coefficient (Wildman–Crippen LogP) is 2.10. The van der Waals surface area contributed by atoms with Crippen LogP contribution in [0.3, 0.4) is 0 Å². The van der Waals surface area contributed by atoms with Gasteiger partial charge >= 0.3 is 0 Å². The number of allylic oxidation sites excluding steroid dienone is 1. The van der Waals surface area contributed by atoms with Gasteiger partial charge in [0.1, 0.15) is 12.0 Å². The van der Waals surface area contributed by atoms with Crippen LogP contribution in [0.4, 0.5) is 0 Å². The first-order chi connectivity index (χ1) is 12.0. The van der Waals surface area contributed by atoms with E-state index in [0.717, 1.165) is 11.6 Å². The number of aromatic amines is 2. The molecule has 0 unspecified atom stereocenters. The first-order valence-corrected chi connectivity index (χ1v) is 7.48. The molecule has 0 saturated heterocycles. The SMILES string of the molecule is CC(=O)c1ccc(Cc2cn[nH]c2C(=O)C=C(O)c2nc[nH]n2)cc1. The summed E-state index contributed by atoms with van der Waals surface area (Å²) in [5.41, 5.74) is 2.52. The average Bonchev–Trinajstić information content (AvgIpc) is 3.27. The first kappa shape index (κ1) is 16.3. The van der Waals surface area contributed by atoms with Crippen molar-refractivity contribution in [2.75, 3.05) is 0 Å². The molecule has 126 valence electrons. The molecule has 0 aliphatic rings. The molecule has 1 aromatic carbocycles. The maximum Gasteiger partial charge on any atom is 0.215 e. The van der Waals surface area contributed by atoms with Gasteiger partial charge in [-0.3, -0.25) is 19.8 Å². The van der Waals surface area contributed by atoms with Crippen molar-refractivity contribution in [2.45, 2.75) is 13.3 Å². The Morgan fingerprint density at radius 1 is 1.24 bits per heavy atom. The van der Waals surface area contributed by atoms with Crippen molar-refractivity contribution < 1.29 is 14.7 Å². The van der Waals surface area contributed by atoms with E-state index in [1.807, 2.05) is 12.1 Å². The quantitative estimate of drug-likeness (QED) is 0.359. The van der Waals surface area contributed by atoms with Crippen LogP contribution in [0.25, 0.3) is 5.76 Å². The first-order valence-electron chi connectivity index (χ1n) is 7.48. The van der Waals surface area contributed by atoms with Gasteiger partial charge in [-0.05, 0) is 12.5 Å². The van der Waals surface area contributed by atoms with Crippen molar-refractivity contribution in [1.29, 1.82) is 0 Å². The molecule has 0 amide bonds. The molecular formula is C17H15N5O3. The highest BCUT2D eigenvalue weighted by molar-refractivity contribution is 6.07. The van der Waals surface area contributed by atoms with Crippen LogP contribution in [0, 0.1) is 0 Å². The van der Waals surface area contributed by atoms with Gasteiger partial charge in [0.25, 0.3) is 0 Å². The van der Waals surface area contributed by atoms with Crippen LogP contribution in [-0.4, -0.2) is 42.1 Å². The number of hydrogen-bond donors (Lipinski definition) is 3. The maximum atomic E-state index is 12.3. The van der Waals surface area contributed by atoms with Gasteiger partial charge in [-0.25, -0.2) is 4.98 Å². The van der Waals surface area contributed by atoms with Crippen molar-refractivity contribution in [2.24, 2.45) is 0 Å². The molecule has 0 aliphatic carbocycles. The topological polar surface area (TPSA) is 125 Å². The van der Waals surface area contributed by atoms with E-state index >= 15 is 0 Å². The zero-order valence-corrected chi connectivity index (χ0v) is 13.4. The predicted molar refractivity (Wildman–Crippen MR) is 89.2 cm³/mol. The fourth-order valence-corrected chi connectivity index (χ4v) is 2.33. The molecule has 2 aromatic heterocycles. The van der Waals surface area contributed by atoms with E-state index in [1.165, 1.54) is 13.3 Å². The Morgan fingerprint density at radius 3 is 2.64 bits per heavy atom. The molecule has 3 rings (SSSR count). The molecule has 3 aromatic rings. The molecule has 0 radical (unpaired) electrons. The van der Waals surface area contributed by atoms with Gasteiger partial charge in [0.2, 0.25) is 11.6 Å².